The zero-order valence-electron chi connectivity index (χ0n) is 17.2. The van der Waals surface area contributed by atoms with Crippen molar-refractivity contribution < 1.29 is 4.74 Å². The first kappa shape index (κ1) is 20.6. The third-order valence-corrected chi connectivity index (χ3v) is 6.57. The van der Waals surface area contributed by atoms with Gasteiger partial charge in [0.15, 0.2) is 0 Å². The first-order chi connectivity index (χ1) is 12.3. The molecule has 0 saturated heterocycles. The highest BCUT2D eigenvalue weighted by Crippen LogP contribution is 2.36. The average molecular weight is 371 g/mol. The van der Waals surface area contributed by atoms with Crippen LogP contribution in [0.1, 0.15) is 48.6 Å². The lowest BCUT2D eigenvalue weighted by molar-refractivity contribution is 0.207. The first-order valence-electron chi connectivity index (χ1n) is 9.48. The maximum atomic E-state index is 6.17. The molecule has 2 aromatic carbocycles. The minimum Gasteiger partial charge on any atom is -0.486 e. The summed E-state index contributed by atoms with van der Waals surface area (Å²) in [7, 11) is -0.162. The van der Waals surface area contributed by atoms with E-state index in [4.69, 9.17) is 4.74 Å². The Morgan fingerprint density at radius 1 is 1.08 bits per heavy atom. The number of fused-ring (bicyclic) bond motifs is 1. The Balaban J connectivity index is 0.000000352. The van der Waals surface area contributed by atoms with E-state index >= 15 is 0 Å². The molecule has 0 aliphatic heterocycles. The molecule has 1 aliphatic rings. The average Bonchev–Trinajstić information content (AvgIpc) is 3.01. The Morgan fingerprint density at radius 3 is 2.31 bits per heavy atom. The van der Waals surface area contributed by atoms with Crippen molar-refractivity contribution in [3.63, 3.8) is 0 Å². The Labute approximate surface area is 161 Å². The highest BCUT2D eigenvalue weighted by Gasteiger charge is 2.24. The van der Waals surface area contributed by atoms with Gasteiger partial charge in [0.25, 0.3) is 0 Å². The van der Waals surface area contributed by atoms with Crippen LogP contribution in [0.4, 0.5) is 0 Å². The highest BCUT2D eigenvalue weighted by atomic mass is 32.3. The van der Waals surface area contributed by atoms with Crippen LogP contribution in [0.5, 0.6) is 5.75 Å². The molecule has 0 heterocycles. The molecule has 1 aliphatic carbocycles. The fourth-order valence-electron chi connectivity index (χ4n) is 2.94. The lowest BCUT2D eigenvalue weighted by Gasteiger charge is -2.21. The number of benzene rings is 2. The van der Waals surface area contributed by atoms with Crippen LogP contribution in [0.2, 0.25) is 0 Å². The lowest BCUT2D eigenvalue weighted by Crippen LogP contribution is -2.03. The quantitative estimate of drug-likeness (QED) is 0.575. The SMILES string of the molecule is C/C=C/c1ccc(OC2CCc3c(C)cccc32)cc1.CCS(C)(C)C. The molecule has 26 heavy (non-hydrogen) atoms. The van der Waals surface area contributed by atoms with Crippen LogP contribution in [-0.2, 0) is 6.42 Å². The summed E-state index contributed by atoms with van der Waals surface area (Å²) in [6.07, 6.45) is 13.5. The molecule has 0 bridgehead atoms. The van der Waals surface area contributed by atoms with Gasteiger partial charge in [-0.25, -0.2) is 10.0 Å². The Hall–Kier alpha value is -1.67. The molecular formula is C24H34OS. The van der Waals surface area contributed by atoms with Crippen LogP contribution in [0.25, 0.3) is 6.08 Å². The zero-order valence-corrected chi connectivity index (χ0v) is 18.0. The normalized spacial score (nSPS) is 16.8. The Morgan fingerprint density at radius 2 is 1.73 bits per heavy atom. The Bertz CT molecular complexity index is 723. The fraction of sp³-hybridized carbons (Fsp3) is 0.417. The topological polar surface area (TPSA) is 9.23 Å². The molecule has 0 N–H and O–H groups in total. The van der Waals surface area contributed by atoms with Crippen LogP contribution in [0.3, 0.4) is 0 Å². The predicted octanol–water partition coefficient (Wildman–Crippen LogP) is 6.79. The van der Waals surface area contributed by atoms with E-state index in [1.165, 1.54) is 28.0 Å². The number of allylic oxidation sites excluding steroid dienone is 1. The molecule has 142 valence electrons. The lowest BCUT2D eigenvalue weighted by atomic mass is 10.0. The van der Waals surface area contributed by atoms with Gasteiger partial charge in [-0.3, -0.25) is 0 Å². The molecule has 1 atom stereocenters. The number of ether oxygens (including phenoxy) is 1. The molecule has 3 rings (SSSR count). The maximum Gasteiger partial charge on any atom is 0.124 e. The van der Waals surface area contributed by atoms with Crippen LogP contribution in [-0.4, -0.2) is 24.5 Å². The van der Waals surface area contributed by atoms with E-state index in [0.29, 0.717) is 0 Å². The fourth-order valence-corrected chi connectivity index (χ4v) is 2.94. The van der Waals surface area contributed by atoms with Gasteiger partial charge in [0.2, 0.25) is 0 Å². The molecule has 0 amide bonds. The summed E-state index contributed by atoms with van der Waals surface area (Å²) in [6, 6.07) is 14.8. The first-order valence-corrected chi connectivity index (χ1v) is 12.5. The van der Waals surface area contributed by atoms with Crippen molar-refractivity contribution in [1.29, 1.82) is 0 Å². The van der Waals surface area contributed by atoms with Crippen molar-refractivity contribution >= 4 is 16.1 Å². The van der Waals surface area contributed by atoms with E-state index < -0.39 is 0 Å². The summed E-state index contributed by atoms with van der Waals surface area (Å²) in [5.41, 5.74) is 5.44. The van der Waals surface area contributed by atoms with Crippen molar-refractivity contribution in [2.45, 2.75) is 39.7 Å². The van der Waals surface area contributed by atoms with Crippen LogP contribution in [0.15, 0.2) is 48.5 Å². The number of hydrogen-bond donors (Lipinski definition) is 0. The van der Waals surface area contributed by atoms with Crippen molar-refractivity contribution in [2.24, 2.45) is 0 Å². The van der Waals surface area contributed by atoms with Gasteiger partial charge in [-0.1, -0.05) is 49.4 Å². The van der Waals surface area contributed by atoms with E-state index in [1.807, 2.05) is 13.0 Å². The maximum absolute atomic E-state index is 6.17. The van der Waals surface area contributed by atoms with Gasteiger partial charge in [0, 0.05) is 0 Å². The van der Waals surface area contributed by atoms with Crippen LogP contribution in [0, 0.1) is 6.92 Å². The third kappa shape index (κ3) is 5.95. The summed E-state index contributed by atoms with van der Waals surface area (Å²) >= 11 is 0. The number of hydrogen-bond acceptors (Lipinski definition) is 1. The number of rotatable bonds is 4. The van der Waals surface area contributed by atoms with Gasteiger partial charge in [-0.15, -0.1) is 0 Å². The van der Waals surface area contributed by atoms with Crippen molar-refractivity contribution in [2.75, 3.05) is 24.5 Å². The molecule has 0 saturated carbocycles. The van der Waals surface area contributed by atoms with E-state index in [1.54, 1.807) is 0 Å². The molecule has 0 radical (unpaired) electrons. The second-order valence-corrected chi connectivity index (χ2v) is 12.5. The number of aryl methyl sites for hydroxylation is 1. The minimum absolute atomic E-state index is 0.162. The molecular weight excluding hydrogens is 336 g/mol. The third-order valence-electron chi connectivity index (χ3n) is 4.83. The van der Waals surface area contributed by atoms with Crippen molar-refractivity contribution in [3.05, 3.63) is 70.8 Å². The molecule has 2 aromatic rings. The van der Waals surface area contributed by atoms with E-state index in [-0.39, 0.29) is 16.1 Å². The van der Waals surface area contributed by atoms with Gasteiger partial charge in [0.1, 0.15) is 11.9 Å². The summed E-state index contributed by atoms with van der Waals surface area (Å²) in [4.78, 5) is 0. The van der Waals surface area contributed by atoms with Gasteiger partial charge < -0.3 is 4.74 Å². The summed E-state index contributed by atoms with van der Waals surface area (Å²) < 4.78 is 6.17. The molecule has 2 heteroatoms. The largest absolute Gasteiger partial charge is 0.486 e. The van der Waals surface area contributed by atoms with Gasteiger partial charge in [-0.2, -0.15) is 0 Å². The van der Waals surface area contributed by atoms with Crippen molar-refractivity contribution in [3.8, 4) is 5.75 Å². The molecule has 0 fully saturated rings. The standard InChI is InChI=1S/C19H20O.C5H14S/c1-3-5-15-8-10-16(11-9-15)20-19-13-12-17-14(2)6-4-7-18(17)19;1-5-6(2,3)4/h3-11,19H,12-13H2,1-2H3;5H2,1-4H3/b5-3+;. The molecule has 1 unspecified atom stereocenters. The van der Waals surface area contributed by atoms with E-state index in [0.717, 1.165) is 18.6 Å². The smallest absolute Gasteiger partial charge is 0.124 e. The van der Waals surface area contributed by atoms with Gasteiger partial charge >= 0.3 is 0 Å². The van der Waals surface area contributed by atoms with Crippen LogP contribution < -0.4 is 4.74 Å². The van der Waals surface area contributed by atoms with Crippen LogP contribution >= 0.6 is 10.0 Å². The monoisotopic (exact) mass is 370 g/mol. The van der Waals surface area contributed by atoms with Gasteiger partial charge in [-0.05, 0) is 85.6 Å². The predicted molar refractivity (Wildman–Crippen MR) is 120 cm³/mol. The summed E-state index contributed by atoms with van der Waals surface area (Å²) in [6.45, 7) is 6.46. The van der Waals surface area contributed by atoms with Crippen molar-refractivity contribution in [1.82, 2.24) is 0 Å². The second-order valence-electron chi connectivity index (χ2n) is 7.74. The highest BCUT2D eigenvalue weighted by molar-refractivity contribution is 8.32. The van der Waals surface area contributed by atoms with E-state index in [2.05, 4.69) is 81.2 Å². The van der Waals surface area contributed by atoms with Gasteiger partial charge in [0.05, 0.1) is 0 Å². The molecule has 0 aromatic heterocycles. The minimum atomic E-state index is -0.162. The molecule has 0 spiro atoms. The zero-order chi connectivity index (χ0) is 19.2. The molecule has 1 nitrogen and oxygen atoms in total. The Kier molecular flexibility index (Phi) is 7.40. The summed E-state index contributed by atoms with van der Waals surface area (Å²) in [5, 5.41) is 0. The summed E-state index contributed by atoms with van der Waals surface area (Å²) in [5.74, 6) is 2.31. The van der Waals surface area contributed by atoms with E-state index in [9.17, 15) is 0 Å². The second kappa shape index (κ2) is 9.32.